The van der Waals surface area contributed by atoms with Crippen molar-refractivity contribution in [1.29, 1.82) is 0 Å². The molecule has 8 heteroatoms. The van der Waals surface area contributed by atoms with Crippen molar-refractivity contribution in [1.82, 2.24) is 0 Å². The fourth-order valence-corrected chi connectivity index (χ4v) is 5.22. The molecule has 0 aromatic carbocycles. The van der Waals surface area contributed by atoms with Gasteiger partial charge in [0.2, 0.25) is 0 Å². The number of hydrogen-bond donors (Lipinski definition) is 3. The van der Waals surface area contributed by atoms with Gasteiger partial charge in [-0.25, -0.2) is 0 Å². The van der Waals surface area contributed by atoms with Crippen molar-refractivity contribution in [2.75, 3.05) is 13.2 Å². The number of rotatable bonds is 2. The van der Waals surface area contributed by atoms with Crippen molar-refractivity contribution in [3.63, 3.8) is 0 Å². The molecule has 2 bridgehead atoms. The van der Waals surface area contributed by atoms with E-state index >= 15 is 0 Å². The van der Waals surface area contributed by atoms with Crippen molar-refractivity contribution in [3.8, 4) is 0 Å². The van der Waals surface area contributed by atoms with E-state index in [0.29, 0.717) is 5.57 Å². The van der Waals surface area contributed by atoms with Gasteiger partial charge in [0.05, 0.1) is 24.2 Å². The number of Topliss-reactive ketones (excluding diaryl/α,β-unsaturated/α-hetero) is 1. The second kappa shape index (κ2) is 4.89. The molecule has 1 unspecified atom stereocenters. The van der Waals surface area contributed by atoms with Crippen LogP contribution in [0.5, 0.6) is 0 Å². The third-order valence-corrected chi connectivity index (χ3v) is 6.83. The Morgan fingerprint density at radius 1 is 1.40 bits per heavy atom. The SMILES string of the molecule is CC(=O)OC[C@]12[C@H](O)C(=O)C(C)=C[C@H]1O[C@@H]1[C@H](O)[C@@H](O)[C@@]2(C)C12CO2. The summed E-state index contributed by atoms with van der Waals surface area (Å²) in [6, 6.07) is 0. The molecule has 2 saturated heterocycles. The van der Waals surface area contributed by atoms with E-state index in [1.807, 2.05) is 0 Å². The van der Waals surface area contributed by atoms with Crippen molar-refractivity contribution in [3.05, 3.63) is 11.6 Å². The van der Waals surface area contributed by atoms with Crippen LogP contribution in [0.15, 0.2) is 11.6 Å². The van der Waals surface area contributed by atoms with Crippen LogP contribution in [0.25, 0.3) is 0 Å². The largest absolute Gasteiger partial charge is 0.465 e. The van der Waals surface area contributed by atoms with Gasteiger partial charge in [0, 0.05) is 12.3 Å². The lowest BCUT2D eigenvalue weighted by molar-refractivity contribution is -0.256. The molecule has 0 aromatic heterocycles. The molecule has 3 N–H and O–H groups in total. The molecule has 138 valence electrons. The van der Waals surface area contributed by atoms with E-state index in [-0.39, 0.29) is 13.2 Å². The molecule has 2 aliphatic heterocycles. The maximum Gasteiger partial charge on any atom is 0.302 e. The lowest BCUT2D eigenvalue weighted by atomic mass is 9.50. The topological polar surface area (TPSA) is 126 Å². The van der Waals surface area contributed by atoms with E-state index < -0.39 is 58.7 Å². The van der Waals surface area contributed by atoms with Gasteiger partial charge in [0.15, 0.2) is 5.78 Å². The van der Waals surface area contributed by atoms with Gasteiger partial charge in [-0.3, -0.25) is 9.59 Å². The number of ketones is 1. The predicted molar refractivity (Wildman–Crippen MR) is 81.3 cm³/mol. The molecule has 0 radical (unpaired) electrons. The zero-order chi connectivity index (χ0) is 18.4. The first-order valence-corrected chi connectivity index (χ1v) is 8.33. The lowest BCUT2D eigenvalue weighted by Crippen LogP contribution is -2.72. The normalized spacial score (nSPS) is 53.4. The molecular weight excluding hydrogens is 332 g/mol. The summed E-state index contributed by atoms with van der Waals surface area (Å²) in [5.41, 5.74) is -3.40. The van der Waals surface area contributed by atoms with Crippen LogP contribution in [0, 0.1) is 10.8 Å². The van der Waals surface area contributed by atoms with Crippen molar-refractivity contribution in [2.45, 2.75) is 56.9 Å². The van der Waals surface area contributed by atoms with Crippen molar-refractivity contribution < 1.29 is 39.1 Å². The summed E-state index contributed by atoms with van der Waals surface area (Å²) < 4.78 is 16.9. The molecule has 0 aromatic rings. The first kappa shape index (κ1) is 17.1. The third kappa shape index (κ3) is 1.69. The van der Waals surface area contributed by atoms with Gasteiger partial charge in [0.1, 0.15) is 30.5 Å². The predicted octanol–water partition coefficient (Wildman–Crippen LogP) is -1.30. The Morgan fingerprint density at radius 2 is 2.04 bits per heavy atom. The quantitative estimate of drug-likeness (QED) is 0.413. The number of esters is 1. The highest BCUT2D eigenvalue weighted by molar-refractivity contribution is 6.00. The summed E-state index contributed by atoms with van der Waals surface area (Å²) in [6.07, 6.45) is -4.13. The van der Waals surface area contributed by atoms with Crippen LogP contribution in [0.2, 0.25) is 0 Å². The van der Waals surface area contributed by atoms with E-state index in [0.717, 1.165) is 0 Å². The van der Waals surface area contributed by atoms with Crippen LogP contribution < -0.4 is 0 Å². The highest BCUT2D eigenvalue weighted by Crippen LogP contribution is 2.71. The number of aliphatic hydroxyl groups is 3. The smallest absolute Gasteiger partial charge is 0.302 e. The monoisotopic (exact) mass is 354 g/mol. The number of hydrogen-bond acceptors (Lipinski definition) is 8. The highest BCUT2D eigenvalue weighted by atomic mass is 16.6. The Labute approximate surface area is 144 Å². The average molecular weight is 354 g/mol. The maximum absolute atomic E-state index is 12.6. The van der Waals surface area contributed by atoms with Gasteiger partial charge in [-0.15, -0.1) is 0 Å². The molecule has 8 atom stereocenters. The van der Waals surface area contributed by atoms with Gasteiger partial charge >= 0.3 is 5.97 Å². The number of epoxide rings is 1. The minimum Gasteiger partial charge on any atom is -0.465 e. The molecule has 4 rings (SSSR count). The lowest BCUT2D eigenvalue weighted by Gasteiger charge is -2.58. The van der Waals surface area contributed by atoms with E-state index in [1.165, 1.54) is 6.92 Å². The van der Waals surface area contributed by atoms with Crippen LogP contribution in [-0.4, -0.2) is 76.4 Å². The first-order valence-electron chi connectivity index (χ1n) is 8.33. The third-order valence-electron chi connectivity index (χ3n) is 6.83. The molecule has 1 spiro atoms. The number of carbonyl (C=O) groups is 2. The van der Waals surface area contributed by atoms with Crippen LogP contribution >= 0.6 is 0 Å². The maximum atomic E-state index is 12.6. The van der Waals surface area contributed by atoms with E-state index in [4.69, 9.17) is 14.2 Å². The Balaban J connectivity index is 1.94. The van der Waals surface area contributed by atoms with Crippen molar-refractivity contribution >= 4 is 11.8 Å². The number of carbonyl (C=O) groups excluding carboxylic acids is 2. The molecule has 2 aliphatic carbocycles. The summed E-state index contributed by atoms with van der Waals surface area (Å²) in [4.78, 5) is 24.0. The van der Waals surface area contributed by atoms with Gasteiger partial charge in [-0.1, -0.05) is 6.92 Å². The summed E-state index contributed by atoms with van der Waals surface area (Å²) in [7, 11) is 0. The van der Waals surface area contributed by atoms with Gasteiger partial charge < -0.3 is 29.5 Å². The van der Waals surface area contributed by atoms with E-state index in [2.05, 4.69) is 0 Å². The Kier molecular flexibility index (Phi) is 3.35. The molecular formula is C17H22O8. The van der Waals surface area contributed by atoms with E-state index in [1.54, 1.807) is 19.9 Å². The average Bonchev–Trinajstić information content (AvgIpc) is 3.34. The molecule has 0 amide bonds. The molecule has 2 heterocycles. The fraction of sp³-hybridized carbons (Fsp3) is 0.765. The van der Waals surface area contributed by atoms with Gasteiger partial charge in [-0.05, 0) is 18.6 Å². The number of ether oxygens (including phenoxy) is 3. The number of aliphatic hydroxyl groups excluding tert-OH is 3. The Bertz CT molecular complexity index is 682. The summed E-state index contributed by atoms with van der Waals surface area (Å²) in [5.74, 6) is -1.10. The Morgan fingerprint density at radius 3 is 2.60 bits per heavy atom. The highest BCUT2D eigenvalue weighted by Gasteiger charge is 2.86. The zero-order valence-corrected chi connectivity index (χ0v) is 14.3. The van der Waals surface area contributed by atoms with Gasteiger partial charge in [0.25, 0.3) is 0 Å². The molecule has 25 heavy (non-hydrogen) atoms. The van der Waals surface area contributed by atoms with Crippen molar-refractivity contribution in [2.24, 2.45) is 10.8 Å². The summed E-state index contributed by atoms with van der Waals surface area (Å²) >= 11 is 0. The Hall–Kier alpha value is -1.32. The van der Waals surface area contributed by atoms with E-state index in [9.17, 15) is 24.9 Å². The summed E-state index contributed by atoms with van der Waals surface area (Å²) in [6.45, 7) is 4.35. The molecule has 1 saturated carbocycles. The van der Waals surface area contributed by atoms with Crippen LogP contribution in [0.3, 0.4) is 0 Å². The molecule has 4 aliphatic rings. The van der Waals surface area contributed by atoms with Crippen LogP contribution in [-0.2, 0) is 23.8 Å². The summed E-state index contributed by atoms with van der Waals surface area (Å²) in [5, 5.41) is 32.3. The molecule has 3 fully saturated rings. The second-order valence-corrected chi connectivity index (χ2v) is 7.73. The first-order chi connectivity index (χ1) is 11.6. The minimum atomic E-state index is -1.56. The second-order valence-electron chi connectivity index (χ2n) is 7.73. The minimum absolute atomic E-state index is 0.223. The molecule has 8 nitrogen and oxygen atoms in total. The fourth-order valence-electron chi connectivity index (χ4n) is 5.22. The van der Waals surface area contributed by atoms with Crippen LogP contribution in [0.4, 0.5) is 0 Å². The van der Waals surface area contributed by atoms with Crippen LogP contribution in [0.1, 0.15) is 20.8 Å². The van der Waals surface area contributed by atoms with Gasteiger partial charge in [-0.2, -0.15) is 0 Å². The number of fused-ring (bicyclic) bond motifs is 2. The standard InChI is InChI=1S/C17H22O8/c1-7-4-9-16(5-23-8(2)18,13(22)10(7)19)15(3)12(21)11(20)14(25-9)17(15)6-24-17/h4,9,11-14,20-22H,5-6H2,1-3H3/t9-,11-,12-,13-,14-,15-,16-,17?/m1/s1. The zero-order valence-electron chi connectivity index (χ0n) is 14.3.